The molecule has 0 N–H and O–H groups in total. The monoisotopic (exact) mass is 141 g/mol. The van der Waals surface area contributed by atoms with Gasteiger partial charge in [-0.15, -0.1) is 6.58 Å². The molecule has 1 aliphatic rings. The lowest BCUT2D eigenvalue weighted by molar-refractivity contribution is -0.173. The van der Waals surface area contributed by atoms with Gasteiger partial charge >= 0.3 is 0 Å². The van der Waals surface area contributed by atoms with E-state index < -0.39 is 0 Å². The van der Waals surface area contributed by atoms with E-state index in [1.807, 2.05) is 0 Å². The van der Waals surface area contributed by atoms with Crippen molar-refractivity contribution < 1.29 is 9.63 Å². The molecular formula is C7H11NO2. The Bertz CT molecular complexity index is 156. The van der Waals surface area contributed by atoms with Gasteiger partial charge in [-0.2, -0.15) is 0 Å². The molecule has 10 heavy (non-hydrogen) atoms. The fourth-order valence-electron chi connectivity index (χ4n) is 1.13. The highest BCUT2D eigenvalue weighted by Gasteiger charge is 2.28. The molecule has 1 heterocycles. The summed E-state index contributed by atoms with van der Waals surface area (Å²) in [7, 11) is 1.50. The van der Waals surface area contributed by atoms with Crippen LogP contribution < -0.4 is 0 Å². The molecule has 1 amide bonds. The van der Waals surface area contributed by atoms with Crippen LogP contribution in [0.1, 0.15) is 12.8 Å². The van der Waals surface area contributed by atoms with Crippen LogP contribution in [0.15, 0.2) is 12.7 Å². The van der Waals surface area contributed by atoms with Gasteiger partial charge in [-0.1, -0.05) is 6.08 Å². The van der Waals surface area contributed by atoms with E-state index in [1.54, 1.807) is 6.08 Å². The summed E-state index contributed by atoms with van der Waals surface area (Å²) >= 11 is 0. The summed E-state index contributed by atoms with van der Waals surface area (Å²) in [4.78, 5) is 15.8. The molecule has 1 saturated heterocycles. The van der Waals surface area contributed by atoms with Gasteiger partial charge < -0.3 is 0 Å². The standard InChI is InChI=1S/C7H11NO2/c1-3-6-4-5-7(9)8(6)10-2/h3,6H,1,4-5H2,2H3/t6-/m0/s1. The minimum atomic E-state index is 0.0485. The lowest BCUT2D eigenvalue weighted by Gasteiger charge is -2.17. The van der Waals surface area contributed by atoms with Gasteiger partial charge in [-0.3, -0.25) is 9.63 Å². The average Bonchev–Trinajstić information content (AvgIpc) is 2.30. The van der Waals surface area contributed by atoms with Gasteiger partial charge in [-0.25, -0.2) is 5.06 Å². The minimum Gasteiger partial charge on any atom is -0.274 e. The summed E-state index contributed by atoms with van der Waals surface area (Å²) in [5, 5.41) is 1.37. The quantitative estimate of drug-likeness (QED) is 0.530. The van der Waals surface area contributed by atoms with Crippen LogP contribution in [0.25, 0.3) is 0 Å². The van der Waals surface area contributed by atoms with Crippen molar-refractivity contribution in [3.63, 3.8) is 0 Å². The first-order valence-electron chi connectivity index (χ1n) is 3.28. The molecule has 0 unspecified atom stereocenters. The Kier molecular flexibility index (Phi) is 2.06. The Morgan fingerprint density at radius 3 is 3.00 bits per heavy atom. The molecule has 0 aliphatic carbocycles. The average molecular weight is 141 g/mol. The third-order valence-electron chi connectivity index (χ3n) is 1.67. The Morgan fingerprint density at radius 1 is 1.90 bits per heavy atom. The van der Waals surface area contributed by atoms with E-state index in [9.17, 15) is 4.79 Å². The first-order chi connectivity index (χ1) is 4.79. The molecule has 1 rings (SSSR count). The third kappa shape index (κ3) is 1.04. The molecule has 0 bridgehead atoms. The summed E-state index contributed by atoms with van der Waals surface area (Å²) < 4.78 is 0. The Morgan fingerprint density at radius 2 is 2.60 bits per heavy atom. The van der Waals surface area contributed by atoms with Crippen LogP contribution in [0.3, 0.4) is 0 Å². The van der Waals surface area contributed by atoms with Crippen molar-refractivity contribution in [2.45, 2.75) is 18.9 Å². The van der Waals surface area contributed by atoms with E-state index in [1.165, 1.54) is 12.2 Å². The lowest BCUT2D eigenvalue weighted by atomic mass is 10.2. The molecule has 1 fully saturated rings. The van der Waals surface area contributed by atoms with Gasteiger partial charge in [0.2, 0.25) is 5.91 Å². The molecule has 0 aromatic carbocycles. The van der Waals surface area contributed by atoms with Crippen LogP contribution in [0.5, 0.6) is 0 Å². The van der Waals surface area contributed by atoms with Crippen molar-refractivity contribution in [3.05, 3.63) is 12.7 Å². The van der Waals surface area contributed by atoms with Gasteiger partial charge in [0.15, 0.2) is 0 Å². The summed E-state index contributed by atoms with van der Waals surface area (Å²) in [5.41, 5.74) is 0. The maximum Gasteiger partial charge on any atom is 0.246 e. The second-order valence-corrected chi connectivity index (χ2v) is 2.24. The molecule has 0 spiro atoms. The molecule has 56 valence electrons. The van der Waals surface area contributed by atoms with Gasteiger partial charge in [0.05, 0.1) is 13.2 Å². The summed E-state index contributed by atoms with van der Waals surface area (Å²) in [6.45, 7) is 3.60. The normalized spacial score (nSPS) is 25.5. The van der Waals surface area contributed by atoms with E-state index in [-0.39, 0.29) is 11.9 Å². The van der Waals surface area contributed by atoms with Crippen molar-refractivity contribution in [1.29, 1.82) is 0 Å². The molecule has 0 aromatic rings. The predicted octanol–water partition coefficient (Wildman–Crippen LogP) is 0.725. The number of amides is 1. The largest absolute Gasteiger partial charge is 0.274 e. The molecule has 1 aliphatic heterocycles. The fraction of sp³-hybridized carbons (Fsp3) is 0.571. The van der Waals surface area contributed by atoms with Gasteiger partial charge in [0.1, 0.15) is 0 Å². The highest BCUT2D eigenvalue weighted by Crippen LogP contribution is 2.18. The van der Waals surface area contributed by atoms with Crippen LogP contribution in [-0.4, -0.2) is 24.1 Å². The molecule has 3 nitrogen and oxygen atoms in total. The van der Waals surface area contributed by atoms with Crippen molar-refractivity contribution in [2.24, 2.45) is 0 Å². The van der Waals surface area contributed by atoms with Crippen molar-refractivity contribution in [1.82, 2.24) is 5.06 Å². The van der Waals surface area contributed by atoms with Crippen molar-refractivity contribution in [3.8, 4) is 0 Å². The van der Waals surface area contributed by atoms with Crippen molar-refractivity contribution in [2.75, 3.05) is 7.11 Å². The molecule has 0 aromatic heterocycles. The van der Waals surface area contributed by atoms with E-state index in [0.717, 1.165) is 6.42 Å². The highest BCUT2D eigenvalue weighted by molar-refractivity contribution is 5.77. The number of hydrogen-bond acceptors (Lipinski definition) is 2. The zero-order chi connectivity index (χ0) is 7.56. The van der Waals surface area contributed by atoms with Crippen LogP contribution in [0.4, 0.5) is 0 Å². The first kappa shape index (κ1) is 7.28. The van der Waals surface area contributed by atoms with Gasteiger partial charge in [0, 0.05) is 6.42 Å². The maximum atomic E-state index is 10.9. The van der Waals surface area contributed by atoms with Crippen LogP contribution in [0, 0.1) is 0 Å². The van der Waals surface area contributed by atoms with Crippen molar-refractivity contribution >= 4 is 5.91 Å². The maximum absolute atomic E-state index is 10.9. The van der Waals surface area contributed by atoms with Crippen LogP contribution in [-0.2, 0) is 9.63 Å². The number of hydrogen-bond donors (Lipinski definition) is 0. The summed E-state index contributed by atoms with van der Waals surface area (Å²) in [6.07, 6.45) is 3.13. The van der Waals surface area contributed by atoms with Gasteiger partial charge in [-0.05, 0) is 6.42 Å². The lowest BCUT2D eigenvalue weighted by Crippen LogP contribution is -2.30. The molecule has 3 heteroatoms. The Hall–Kier alpha value is -0.830. The number of nitrogens with zero attached hydrogens (tertiary/aromatic N) is 1. The highest BCUT2D eigenvalue weighted by atomic mass is 16.7. The minimum absolute atomic E-state index is 0.0485. The summed E-state index contributed by atoms with van der Waals surface area (Å²) in [6, 6.07) is 0.0810. The van der Waals surface area contributed by atoms with E-state index in [2.05, 4.69) is 6.58 Å². The Labute approximate surface area is 60.2 Å². The first-order valence-corrected chi connectivity index (χ1v) is 3.28. The van der Waals surface area contributed by atoms with E-state index in [4.69, 9.17) is 4.84 Å². The topological polar surface area (TPSA) is 29.5 Å². The fourth-order valence-corrected chi connectivity index (χ4v) is 1.13. The van der Waals surface area contributed by atoms with E-state index >= 15 is 0 Å². The molecule has 0 saturated carbocycles. The molecule has 0 radical (unpaired) electrons. The number of rotatable bonds is 2. The van der Waals surface area contributed by atoms with Crippen LogP contribution in [0.2, 0.25) is 0 Å². The molecule has 1 atom stereocenters. The van der Waals surface area contributed by atoms with Crippen LogP contribution >= 0.6 is 0 Å². The zero-order valence-corrected chi connectivity index (χ0v) is 6.04. The SMILES string of the molecule is C=C[C@H]1CCC(=O)N1OC. The smallest absolute Gasteiger partial charge is 0.246 e. The van der Waals surface area contributed by atoms with Gasteiger partial charge in [0.25, 0.3) is 0 Å². The number of carbonyl (C=O) groups is 1. The predicted molar refractivity (Wildman–Crippen MR) is 37.1 cm³/mol. The Balaban J connectivity index is 2.62. The second-order valence-electron chi connectivity index (χ2n) is 2.24. The number of hydroxylamine groups is 2. The summed E-state index contributed by atoms with van der Waals surface area (Å²) in [5.74, 6) is 0.0485. The third-order valence-corrected chi connectivity index (χ3v) is 1.67. The molecular weight excluding hydrogens is 130 g/mol. The number of carbonyl (C=O) groups excluding carboxylic acids is 1. The van der Waals surface area contributed by atoms with E-state index in [0.29, 0.717) is 6.42 Å². The zero-order valence-electron chi connectivity index (χ0n) is 6.04. The second kappa shape index (κ2) is 2.84.